The van der Waals surface area contributed by atoms with Gasteiger partial charge in [0.2, 0.25) is 0 Å². The smallest absolute Gasteiger partial charge is 0.192 e. The van der Waals surface area contributed by atoms with Gasteiger partial charge in [-0.25, -0.2) is 9.67 Å². The maximum absolute atomic E-state index is 9.89. The molecule has 0 fully saturated rings. The third-order valence-corrected chi connectivity index (χ3v) is 4.79. The van der Waals surface area contributed by atoms with Crippen LogP contribution in [0.4, 0.5) is 0 Å². The van der Waals surface area contributed by atoms with E-state index in [-0.39, 0.29) is 5.82 Å². The molecule has 5 nitrogen and oxygen atoms in total. The van der Waals surface area contributed by atoms with E-state index >= 15 is 0 Å². The summed E-state index contributed by atoms with van der Waals surface area (Å²) in [6.07, 6.45) is 3.53. The van der Waals surface area contributed by atoms with E-state index in [1.54, 1.807) is 16.8 Å². The van der Waals surface area contributed by atoms with Crippen molar-refractivity contribution in [2.45, 2.75) is 6.54 Å². The van der Waals surface area contributed by atoms with Gasteiger partial charge in [-0.05, 0) is 28.8 Å². The fourth-order valence-electron chi connectivity index (χ4n) is 3.25. The molecule has 0 saturated carbocycles. The summed E-state index contributed by atoms with van der Waals surface area (Å²) in [5, 5.41) is 24.3. The summed E-state index contributed by atoms with van der Waals surface area (Å²) in [5.41, 5.74) is 3.50. The predicted molar refractivity (Wildman–Crippen MR) is 125 cm³/mol. The van der Waals surface area contributed by atoms with Crippen LogP contribution in [0.5, 0.6) is 0 Å². The number of nitriles is 2. The third-order valence-electron chi connectivity index (χ3n) is 4.79. The molecule has 1 aromatic heterocycles. The summed E-state index contributed by atoms with van der Waals surface area (Å²) < 4.78 is 1.68. The quantitative estimate of drug-likeness (QED) is 0.394. The van der Waals surface area contributed by atoms with Crippen LogP contribution in [0.1, 0.15) is 28.3 Å². The third kappa shape index (κ3) is 4.87. The van der Waals surface area contributed by atoms with Crippen LogP contribution in [-0.4, -0.2) is 14.8 Å². The van der Waals surface area contributed by atoms with Crippen molar-refractivity contribution >= 4 is 23.3 Å². The normalized spacial score (nSPS) is 11.6. The zero-order valence-electron chi connectivity index (χ0n) is 17.3. The molecular formula is C27H19N5. The maximum atomic E-state index is 9.89. The van der Waals surface area contributed by atoms with Crippen molar-refractivity contribution in [1.82, 2.24) is 14.8 Å². The van der Waals surface area contributed by atoms with Gasteiger partial charge < -0.3 is 0 Å². The predicted octanol–water partition coefficient (Wildman–Crippen LogP) is 5.45. The zero-order valence-corrected chi connectivity index (χ0v) is 17.3. The first kappa shape index (κ1) is 20.5. The number of hydrogen-bond acceptors (Lipinski definition) is 4. The molecule has 1 heterocycles. The molecule has 0 atom stereocenters. The van der Waals surface area contributed by atoms with Crippen LogP contribution >= 0.6 is 0 Å². The Bertz CT molecular complexity index is 1340. The molecule has 0 aliphatic heterocycles. The highest BCUT2D eigenvalue weighted by Gasteiger charge is 2.17. The number of nitrogens with zero attached hydrogens (tertiary/aromatic N) is 5. The lowest BCUT2D eigenvalue weighted by Gasteiger charge is -2.05. The molecule has 0 radical (unpaired) electrons. The van der Waals surface area contributed by atoms with Gasteiger partial charge in [0.25, 0.3) is 0 Å². The molecule has 0 bridgehead atoms. The van der Waals surface area contributed by atoms with Crippen LogP contribution < -0.4 is 0 Å². The molecule has 32 heavy (non-hydrogen) atoms. The molecule has 0 amide bonds. The second kappa shape index (κ2) is 9.84. The first-order valence-electron chi connectivity index (χ1n) is 10.1. The van der Waals surface area contributed by atoms with E-state index in [9.17, 15) is 10.5 Å². The summed E-state index contributed by atoms with van der Waals surface area (Å²) in [7, 11) is 0. The Morgan fingerprint density at radius 1 is 0.719 bits per heavy atom. The molecule has 3 aromatic carbocycles. The van der Waals surface area contributed by atoms with E-state index in [2.05, 4.69) is 22.2 Å². The fraction of sp³-hybridized carbons (Fsp3) is 0.0370. The van der Waals surface area contributed by atoms with Crippen LogP contribution in [0.2, 0.25) is 0 Å². The van der Waals surface area contributed by atoms with E-state index < -0.39 is 0 Å². The Hall–Kier alpha value is -4.74. The minimum atomic E-state index is 0.288. The largest absolute Gasteiger partial charge is 0.240 e. The van der Waals surface area contributed by atoms with E-state index in [0.717, 1.165) is 16.7 Å². The minimum absolute atomic E-state index is 0.288. The Morgan fingerprint density at radius 3 is 1.75 bits per heavy atom. The van der Waals surface area contributed by atoms with Gasteiger partial charge >= 0.3 is 0 Å². The van der Waals surface area contributed by atoms with Gasteiger partial charge in [0, 0.05) is 0 Å². The Balaban J connectivity index is 1.81. The van der Waals surface area contributed by atoms with Crippen molar-refractivity contribution in [3.63, 3.8) is 0 Å². The van der Waals surface area contributed by atoms with Crippen LogP contribution in [0, 0.1) is 22.7 Å². The highest BCUT2D eigenvalue weighted by atomic mass is 15.3. The van der Waals surface area contributed by atoms with Crippen LogP contribution in [0.3, 0.4) is 0 Å². The molecule has 5 heteroatoms. The monoisotopic (exact) mass is 413 g/mol. The van der Waals surface area contributed by atoms with Gasteiger partial charge in [-0.15, -0.1) is 5.10 Å². The number of allylic oxidation sites excluding steroid dienone is 2. The average Bonchev–Trinajstić information content (AvgIpc) is 3.26. The van der Waals surface area contributed by atoms with Crippen LogP contribution in [0.15, 0.2) is 91.0 Å². The van der Waals surface area contributed by atoms with Crippen molar-refractivity contribution in [1.29, 1.82) is 10.5 Å². The lowest BCUT2D eigenvalue weighted by Crippen LogP contribution is -2.06. The van der Waals surface area contributed by atoms with Crippen molar-refractivity contribution < 1.29 is 0 Å². The molecule has 4 aromatic rings. The number of benzene rings is 3. The summed E-state index contributed by atoms with van der Waals surface area (Å²) in [4.78, 5) is 4.61. The summed E-state index contributed by atoms with van der Waals surface area (Å²) in [5.74, 6) is 0.709. The van der Waals surface area contributed by atoms with Gasteiger partial charge in [0.1, 0.15) is 12.1 Å². The first-order valence-corrected chi connectivity index (χ1v) is 10.1. The van der Waals surface area contributed by atoms with Gasteiger partial charge in [-0.2, -0.15) is 10.5 Å². The first-order chi connectivity index (χ1) is 15.8. The lowest BCUT2D eigenvalue weighted by atomic mass is 10.1. The highest BCUT2D eigenvalue weighted by molar-refractivity contribution is 5.90. The SMILES string of the molecule is N#C/C(=C/c1ccccc1)c1nc(/C(C#N)=C\c2ccccc2)n(Cc2ccccc2)n1. The molecule has 0 spiro atoms. The van der Waals surface area contributed by atoms with E-state index in [0.29, 0.717) is 23.5 Å². The van der Waals surface area contributed by atoms with Crippen molar-refractivity contribution in [2.75, 3.05) is 0 Å². The number of hydrogen-bond donors (Lipinski definition) is 0. The molecular weight excluding hydrogens is 394 g/mol. The van der Waals surface area contributed by atoms with E-state index in [4.69, 9.17) is 0 Å². The lowest BCUT2D eigenvalue weighted by molar-refractivity contribution is 0.674. The van der Waals surface area contributed by atoms with Crippen LogP contribution in [0.25, 0.3) is 23.3 Å². The molecule has 0 N–H and O–H groups in total. The molecule has 152 valence electrons. The topological polar surface area (TPSA) is 78.3 Å². The summed E-state index contributed by atoms with van der Waals surface area (Å²) in [6, 6.07) is 33.4. The summed E-state index contributed by atoms with van der Waals surface area (Å²) in [6.45, 7) is 0.432. The number of aromatic nitrogens is 3. The molecule has 0 aliphatic carbocycles. The zero-order chi connectivity index (χ0) is 22.2. The fourth-order valence-corrected chi connectivity index (χ4v) is 3.25. The van der Waals surface area contributed by atoms with Gasteiger partial charge in [0.15, 0.2) is 11.6 Å². The van der Waals surface area contributed by atoms with Gasteiger partial charge in [-0.1, -0.05) is 91.0 Å². The molecule has 0 saturated heterocycles. The molecule has 4 rings (SSSR count). The number of rotatable bonds is 6. The molecule has 0 aliphatic rings. The Kier molecular flexibility index (Phi) is 6.31. The maximum Gasteiger partial charge on any atom is 0.192 e. The van der Waals surface area contributed by atoms with Gasteiger partial charge in [-0.3, -0.25) is 0 Å². The van der Waals surface area contributed by atoms with Crippen molar-refractivity contribution in [3.05, 3.63) is 119 Å². The van der Waals surface area contributed by atoms with E-state index in [1.807, 2.05) is 91.0 Å². The summed E-state index contributed by atoms with van der Waals surface area (Å²) >= 11 is 0. The van der Waals surface area contributed by atoms with Gasteiger partial charge in [0.05, 0.1) is 17.7 Å². The standard InChI is InChI=1S/C27H19N5/c28-18-24(16-21-10-4-1-5-11-21)26-30-27(25(19-29)17-22-12-6-2-7-13-22)32(31-26)20-23-14-8-3-9-15-23/h1-17H,20H2/b24-16-,25-17-. The Labute approximate surface area is 186 Å². The second-order valence-corrected chi connectivity index (χ2v) is 7.06. The average molecular weight is 413 g/mol. The Morgan fingerprint density at radius 2 is 1.22 bits per heavy atom. The van der Waals surface area contributed by atoms with Crippen molar-refractivity contribution in [3.8, 4) is 12.1 Å². The van der Waals surface area contributed by atoms with Crippen LogP contribution in [-0.2, 0) is 6.54 Å². The van der Waals surface area contributed by atoms with E-state index in [1.165, 1.54) is 0 Å². The highest BCUT2D eigenvalue weighted by Crippen LogP contribution is 2.21. The molecule has 0 unspecified atom stereocenters. The second-order valence-electron chi connectivity index (χ2n) is 7.06. The van der Waals surface area contributed by atoms with Crippen molar-refractivity contribution in [2.24, 2.45) is 0 Å². The minimum Gasteiger partial charge on any atom is -0.240 e.